The first-order valence-electron chi connectivity index (χ1n) is 10.9. The number of nitrogens with zero attached hydrogens (tertiary/aromatic N) is 2. The molecule has 0 bridgehead atoms. The summed E-state index contributed by atoms with van der Waals surface area (Å²) in [6.07, 6.45) is 4.32. The maximum atomic E-state index is 12.8. The van der Waals surface area contributed by atoms with E-state index in [2.05, 4.69) is 39.8 Å². The van der Waals surface area contributed by atoms with Crippen LogP contribution in [0, 0.1) is 0 Å². The lowest BCUT2D eigenvalue weighted by Crippen LogP contribution is -2.48. The summed E-state index contributed by atoms with van der Waals surface area (Å²) in [4.78, 5) is 28.8. The van der Waals surface area contributed by atoms with Gasteiger partial charge in [0.2, 0.25) is 0 Å². The van der Waals surface area contributed by atoms with Gasteiger partial charge in [0.05, 0.1) is 0 Å². The number of nitrogens with one attached hydrogen (secondary N) is 2. The van der Waals surface area contributed by atoms with E-state index in [-0.39, 0.29) is 18.0 Å². The molecule has 0 aromatic heterocycles. The molecule has 0 saturated carbocycles. The van der Waals surface area contributed by atoms with Crippen molar-refractivity contribution in [2.45, 2.75) is 26.4 Å². The zero-order valence-electron chi connectivity index (χ0n) is 18.4. The molecule has 3 rings (SSSR count). The van der Waals surface area contributed by atoms with E-state index in [0.717, 1.165) is 38.3 Å². The summed E-state index contributed by atoms with van der Waals surface area (Å²) in [7, 11) is 0. The lowest BCUT2D eigenvalue weighted by molar-refractivity contribution is 0.0650. The van der Waals surface area contributed by atoms with Crippen molar-refractivity contribution in [3.05, 3.63) is 77.4 Å². The molecule has 31 heavy (non-hydrogen) atoms. The third-order valence-corrected chi connectivity index (χ3v) is 5.21. The van der Waals surface area contributed by atoms with E-state index in [1.54, 1.807) is 0 Å². The van der Waals surface area contributed by atoms with Crippen molar-refractivity contribution in [3.63, 3.8) is 0 Å². The van der Waals surface area contributed by atoms with Crippen molar-refractivity contribution in [1.82, 2.24) is 20.4 Å². The number of carbonyl (C=O) groups is 2. The van der Waals surface area contributed by atoms with Crippen molar-refractivity contribution in [1.29, 1.82) is 0 Å². The Kier molecular flexibility index (Phi) is 8.24. The average Bonchev–Trinajstić information content (AvgIpc) is 2.78. The molecule has 3 amide bonds. The van der Waals surface area contributed by atoms with Crippen LogP contribution in [0.5, 0.6) is 0 Å². The first-order chi connectivity index (χ1) is 15.0. The molecule has 2 aromatic carbocycles. The molecular weight excluding hydrogens is 388 g/mol. The Bertz CT molecular complexity index is 870. The molecule has 0 radical (unpaired) electrons. The van der Waals surface area contributed by atoms with E-state index in [4.69, 9.17) is 0 Å². The monoisotopic (exact) mass is 420 g/mol. The average molecular weight is 421 g/mol. The first-order valence-corrected chi connectivity index (χ1v) is 10.9. The predicted molar refractivity (Wildman–Crippen MR) is 125 cm³/mol. The summed E-state index contributed by atoms with van der Waals surface area (Å²) in [5.74, 6) is 0.0662. The SMILES string of the molecule is CC(C)NC(=O)NCc1ccc(C(=O)N2CCN(C/C=C/c3ccccc3)CC2)cc1. The Hall–Kier alpha value is -3.12. The van der Waals surface area contributed by atoms with Gasteiger partial charge in [-0.2, -0.15) is 0 Å². The minimum Gasteiger partial charge on any atom is -0.336 e. The van der Waals surface area contributed by atoms with E-state index in [0.29, 0.717) is 12.1 Å². The number of piperazine rings is 1. The zero-order chi connectivity index (χ0) is 22.1. The standard InChI is InChI=1S/C25H32N4O2/c1-20(2)27-25(31)26-19-22-10-12-23(13-11-22)24(30)29-17-15-28(16-18-29)14-6-9-21-7-4-3-5-8-21/h3-13,20H,14-19H2,1-2H3,(H2,26,27,31)/b9-6+. The van der Waals surface area contributed by atoms with Crippen LogP contribution in [0.4, 0.5) is 4.79 Å². The number of hydrogen-bond donors (Lipinski definition) is 2. The maximum absolute atomic E-state index is 12.8. The van der Waals surface area contributed by atoms with Crippen LogP contribution >= 0.6 is 0 Å². The molecule has 6 heteroatoms. The lowest BCUT2D eigenvalue weighted by Gasteiger charge is -2.34. The number of carbonyl (C=O) groups excluding carboxylic acids is 2. The molecule has 0 unspecified atom stereocenters. The van der Waals surface area contributed by atoms with Crippen molar-refractivity contribution in [2.24, 2.45) is 0 Å². The number of amides is 3. The minimum absolute atomic E-state index is 0.0662. The van der Waals surface area contributed by atoms with Crippen LogP contribution in [0.25, 0.3) is 6.08 Å². The highest BCUT2D eigenvalue weighted by Crippen LogP contribution is 2.11. The second-order valence-electron chi connectivity index (χ2n) is 8.08. The fraction of sp³-hybridized carbons (Fsp3) is 0.360. The second-order valence-corrected chi connectivity index (χ2v) is 8.08. The van der Waals surface area contributed by atoms with E-state index < -0.39 is 0 Å². The predicted octanol–water partition coefficient (Wildman–Crippen LogP) is 3.37. The van der Waals surface area contributed by atoms with Crippen molar-refractivity contribution < 1.29 is 9.59 Å². The summed E-state index contributed by atoms with van der Waals surface area (Å²) in [6, 6.07) is 17.7. The number of hydrogen-bond acceptors (Lipinski definition) is 3. The number of rotatable bonds is 7. The van der Waals surface area contributed by atoms with E-state index in [1.807, 2.05) is 61.2 Å². The zero-order valence-corrected chi connectivity index (χ0v) is 18.4. The molecule has 164 valence electrons. The van der Waals surface area contributed by atoms with E-state index >= 15 is 0 Å². The Morgan fingerprint density at radius 1 is 0.968 bits per heavy atom. The van der Waals surface area contributed by atoms with Gasteiger partial charge in [-0.15, -0.1) is 0 Å². The Morgan fingerprint density at radius 3 is 2.29 bits per heavy atom. The van der Waals surface area contributed by atoms with Crippen molar-refractivity contribution >= 4 is 18.0 Å². The second kappa shape index (κ2) is 11.3. The molecule has 0 atom stereocenters. The van der Waals surface area contributed by atoms with Gasteiger partial charge < -0.3 is 15.5 Å². The van der Waals surface area contributed by atoms with Crippen LogP contribution in [0.1, 0.15) is 35.3 Å². The molecule has 6 nitrogen and oxygen atoms in total. The smallest absolute Gasteiger partial charge is 0.315 e. The lowest BCUT2D eigenvalue weighted by atomic mass is 10.1. The highest BCUT2D eigenvalue weighted by atomic mass is 16.2. The number of urea groups is 1. The molecule has 2 N–H and O–H groups in total. The van der Waals surface area contributed by atoms with Gasteiger partial charge in [-0.25, -0.2) is 4.79 Å². The summed E-state index contributed by atoms with van der Waals surface area (Å²) in [5.41, 5.74) is 2.86. The highest BCUT2D eigenvalue weighted by Gasteiger charge is 2.21. The van der Waals surface area contributed by atoms with Crippen LogP contribution in [-0.2, 0) is 6.54 Å². The normalized spacial score (nSPS) is 14.7. The molecule has 2 aromatic rings. The van der Waals surface area contributed by atoms with E-state index in [9.17, 15) is 9.59 Å². The summed E-state index contributed by atoms with van der Waals surface area (Å²) < 4.78 is 0. The van der Waals surface area contributed by atoms with Crippen molar-refractivity contribution in [3.8, 4) is 0 Å². The van der Waals surface area contributed by atoms with Crippen LogP contribution in [0.2, 0.25) is 0 Å². The van der Waals surface area contributed by atoms with Gasteiger partial charge in [0.15, 0.2) is 0 Å². The van der Waals surface area contributed by atoms with Gasteiger partial charge in [-0.1, -0.05) is 54.6 Å². The first kappa shape index (κ1) is 22.6. The summed E-state index contributed by atoms with van der Waals surface area (Å²) in [6.45, 7) is 8.37. The third kappa shape index (κ3) is 7.26. The van der Waals surface area contributed by atoms with Crippen LogP contribution in [-0.4, -0.2) is 60.5 Å². The molecule has 1 fully saturated rings. The topological polar surface area (TPSA) is 64.7 Å². The molecule has 1 aliphatic rings. The van der Waals surface area contributed by atoms with E-state index in [1.165, 1.54) is 5.56 Å². The summed E-state index contributed by atoms with van der Waals surface area (Å²) >= 11 is 0. The Labute approximate surface area is 184 Å². The number of benzene rings is 2. The highest BCUT2D eigenvalue weighted by molar-refractivity contribution is 5.94. The molecule has 0 aliphatic carbocycles. The van der Waals surface area contributed by atoms with Gasteiger partial charge in [0.25, 0.3) is 5.91 Å². The fourth-order valence-electron chi connectivity index (χ4n) is 3.48. The Balaban J connectivity index is 1.42. The van der Waals surface area contributed by atoms with Crippen LogP contribution < -0.4 is 10.6 Å². The largest absolute Gasteiger partial charge is 0.336 e. The third-order valence-electron chi connectivity index (χ3n) is 5.21. The van der Waals surface area contributed by atoms with Gasteiger partial charge in [0.1, 0.15) is 0 Å². The summed E-state index contributed by atoms with van der Waals surface area (Å²) in [5, 5.41) is 5.61. The fourth-order valence-corrected chi connectivity index (χ4v) is 3.48. The molecular formula is C25H32N4O2. The molecule has 0 spiro atoms. The van der Waals surface area contributed by atoms with Crippen molar-refractivity contribution in [2.75, 3.05) is 32.7 Å². The van der Waals surface area contributed by atoms with Crippen LogP contribution in [0.3, 0.4) is 0 Å². The Morgan fingerprint density at radius 2 is 1.65 bits per heavy atom. The van der Waals surface area contributed by atoms with Gasteiger partial charge in [0, 0.05) is 50.9 Å². The quantitative estimate of drug-likeness (QED) is 0.722. The van der Waals surface area contributed by atoms with Gasteiger partial charge >= 0.3 is 6.03 Å². The maximum Gasteiger partial charge on any atom is 0.315 e. The van der Waals surface area contributed by atoms with Gasteiger partial charge in [-0.3, -0.25) is 9.69 Å². The molecule has 1 saturated heterocycles. The molecule has 1 aliphatic heterocycles. The van der Waals surface area contributed by atoms with Gasteiger partial charge in [-0.05, 0) is 37.1 Å². The molecule has 1 heterocycles. The minimum atomic E-state index is -0.188. The van der Waals surface area contributed by atoms with Crippen LogP contribution in [0.15, 0.2) is 60.7 Å².